The quantitative estimate of drug-likeness (QED) is 0.499. The molecule has 1 rings (SSSR count). The van der Waals surface area contributed by atoms with Crippen molar-refractivity contribution in [3.05, 3.63) is 40.1 Å². The number of aryl methyl sites for hydroxylation is 1. The van der Waals surface area contributed by atoms with Crippen LogP contribution in [0.4, 0.5) is 0 Å². The molecule has 0 saturated heterocycles. The Morgan fingerprint density at radius 2 is 2.08 bits per heavy atom. The van der Waals surface area contributed by atoms with E-state index in [9.17, 15) is 14.4 Å². The summed E-state index contributed by atoms with van der Waals surface area (Å²) in [4.78, 5) is 42.5. The molecule has 3 N–H and O–H groups in total. The summed E-state index contributed by atoms with van der Waals surface area (Å²) in [5.41, 5.74) is -0.975. The largest absolute Gasteiger partial charge is 0.480 e. The van der Waals surface area contributed by atoms with E-state index < -0.39 is 23.5 Å². The molecule has 0 bridgehead atoms. The molecule has 0 aliphatic heterocycles. The van der Waals surface area contributed by atoms with Crippen LogP contribution < -0.4 is 10.9 Å². The third-order valence-corrected chi connectivity index (χ3v) is 3.16. The number of aromatic amines is 1. The Morgan fingerprint density at radius 1 is 1.46 bits per heavy atom. The number of carbonyl (C=O) groups excluding carboxylic acids is 1. The highest BCUT2D eigenvalue weighted by atomic mass is 16.5. The minimum Gasteiger partial charge on any atom is -0.480 e. The van der Waals surface area contributed by atoms with Crippen LogP contribution in [0.2, 0.25) is 0 Å². The molecule has 1 aromatic rings. The summed E-state index contributed by atoms with van der Waals surface area (Å²) in [6.45, 7) is 10.5. The van der Waals surface area contributed by atoms with E-state index in [0.717, 1.165) is 0 Å². The molecular formula is C16H23N3O5. The lowest BCUT2D eigenvalue weighted by atomic mass is 9.95. The summed E-state index contributed by atoms with van der Waals surface area (Å²) in [6, 6.07) is -1.28. The fourth-order valence-corrected chi connectivity index (χ4v) is 1.88. The maximum atomic E-state index is 12.3. The molecule has 1 heterocycles. The molecule has 1 amide bonds. The molecule has 1 aromatic heterocycles. The van der Waals surface area contributed by atoms with Crippen LogP contribution in [0, 0.1) is 6.92 Å². The van der Waals surface area contributed by atoms with Crippen molar-refractivity contribution in [1.29, 1.82) is 0 Å². The van der Waals surface area contributed by atoms with Gasteiger partial charge in [-0.05, 0) is 6.92 Å². The first-order valence-electron chi connectivity index (χ1n) is 7.41. The molecule has 0 fully saturated rings. The van der Waals surface area contributed by atoms with E-state index in [1.54, 1.807) is 0 Å². The monoisotopic (exact) mass is 337 g/mol. The number of carboxylic acid groups (broad SMARTS) is 1. The Balaban J connectivity index is 3.04. The molecule has 8 nitrogen and oxygen atoms in total. The minimum atomic E-state index is -1.28. The number of aliphatic carboxylic acids is 1. The van der Waals surface area contributed by atoms with Crippen molar-refractivity contribution in [1.82, 2.24) is 15.3 Å². The Bertz CT molecular complexity index is 688. The van der Waals surface area contributed by atoms with E-state index in [-0.39, 0.29) is 29.9 Å². The molecule has 0 saturated carbocycles. The lowest BCUT2D eigenvalue weighted by molar-refractivity contribution is -0.140. The smallest absolute Gasteiger partial charge is 0.328 e. The summed E-state index contributed by atoms with van der Waals surface area (Å²) in [5, 5.41) is 11.4. The number of amides is 1. The van der Waals surface area contributed by atoms with Gasteiger partial charge in [0.1, 0.15) is 11.4 Å². The number of nitrogens with one attached hydrogen (secondary N) is 2. The minimum absolute atomic E-state index is 0.154. The number of aromatic nitrogens is 2. The van der Waals surface area contributed by atoms with Crippen LogP contribution in [0.15, 0.2) is 17.4 Å². The maximum absolute atomic E-state index is 12.3. The van der Waals surface area contributed by atoms with E-state index in [2.05, 4.69) is 21.9 Å². The molecule has 0 spiro atoms. The van der Waals surface area contributed by atoms with E-state index in [1.165, 1.54) is 13.0 Å². The predicted molar refractivity (Wildman–Crippen MR) is 88.2 cm³/mol. The number of carboxylic acids is 1. The average molecular weight is 337 g/mol. The molecule has 0 aromatic carbocycles. The van der Waals surface area contributed by atoms with Gasteiger partial charge < -0.3 is 20.1 Å². The maximum Gasteiger partial charge on any atom is 0.328 e. The van der Waals surface area contributed by atoms with Gasteiger partial charge in [-0.25, -0.2) is 9.78 Å². The van der Waals surface area contributed by atoms with E-state index in [0.29, 0.717) is 5.82 Å². The molecule has 0 radical (unpaired) electrons. The van der Waals surface area contributed by atoms with Gasteiger partial charge in [-0.15, -0.1) is 6.58 Å². The number of H-pyrrole nitrogens is 1. The van der Waals surface area contributed by atoms with Crippen molar-refractivity contribution in [3.8, 4) is 0 Å². The van der Waals surface area contributed by atoms with Gasteiger partial charge >= 0.3 is 5.97 Å². The zero-order chi connectivity index (χ0) is 18.5. The molecule has 8 heteroatoms. The molecule has 0 aliphatic carbocycles. The van der Waals surface area contributed by atoms with Crippen molar-refractivity contribution in [2.45, 2.75) is 39.2 Å². The third-order valence-electron chi connectivity index (χ3n) is 3.16. The van der Waals surface area contributed by atoms with Crippen LogP contribution in [-0.2, 0) is 14.9 Å². The highest BCUT2D eigenvalue weighted by Gasteiger charge is 2.26. The second-order valence-corrected chi connectivity index (χ2v) is 6.32. The third kappa shape index (κ3) is 5.02. The van der Waals surface area contributed by atoms with E-state index in [4.69, 9.17) is 9.84 Å². The van der Waals surface area contributed by atoms with Crippen LogP contribution in [-0.4, -0.2) is 46.2 Å². The van der Waals surface area contributed by atoms with Crippen molar-refractivity contribution < 1.29 is 19.4 Å². The average Bonchev–Trinajstić information content (AvgIpc) is 2.44. The molecule has 24 heavy (non-hydrogen) atoms. The number of carbonyl (C=O) groups is 2. The van der Waals surface area contributed by atoms with Gasteiger partial charge in [-0.2, -0.15) is 0 Å². The summed E-state index contributed by atoms with van der Waals surface area (Å²) < 4.78 is 5.05. The van der Waals surface area contributed by atoms with Crippen LogP contribution >= 0.6 is 0 Å². The standard InChI is InChI=1S/C16H23N3O5/c1-6-7-24-8-10(14(22)23)18-12(20)11-9(2)17-15(16(3,4)5)19-13(11)21/h6,10H,1,7-8H2,2-5H3,(H,18,20)(H,22,23)(H,17,19,21). The van der Waals surface area contributed by atoms with Crippen LogP contribution in [0.5, 0.6) is 0 Å². The number of nitrogens with zero attached hydrogens (tertiary/aromatic N) is 1. The number of rotatable bonds is 7. The highest BCUT2D eigenvalue weighted by Crippen LogP contribution is 2.17. The van der Waals surface area contributed by atoms with E-state index in [1.807, 2.05) is 20.8 Å². The number of hydrogen-bond donors (Lipinski definition) is 3. The van der Waals surface area contributed by atoms with Gasteiger partial charge in [0.05, 0.1) is 18.9 Å². The Labute approximate surface area is 140 Å². The Kier molecular flexibility index (Phi) is 6.42. The first kappa shape index (κ1) is 19.6. The summed E-state index contributed by atoms with van der Waals surface area (Å²) in [5.74, 6) is -1.62. The lowest BCUT2D eigenvalue weighted by Gasteiger charge is -2.19. The van der Waals surface area contributed by atoms with E-state index >= 15 is 0 Å². The molecule has 0 aliphatic rings. The van der Waals surface area contributed by atoms with Gasteiger partial charge in [-0.1, -0.05) is 26.8 Å². The Morgan fingerprint density at radius 3 is 2.54 bits per heavy atom. The second kappa shape index (κ2) is 7.87. The molecule has 1 unspecified atom stereocenters. The summed E-state index contributed by atoms with van der Waals surface area (Å²) in [7, 11) is 0. The fraction of sp³-hybridized carbons (Fsp3) is 0.500. The first-order chi connectivity index (χ1) is 11.1. The van der Waals surface area contributed by atoms with Gasteiger partial charge in [-0.3, -0.25) is 9.59 Å². The highest BCUT2D eigenvalue weighted by molar-refractivity contribution is 5.97. The molecule has 1 atom stereocenters. The fourth-order valence-electron chi connectivity index (χ4n) is 1.88. The summed E-state index contributed by atoms with van der Waals surface area (Å²) >= 11 is 0. The topological polar surface area (TPSA) is 121 Å². The SMILES string of the molecule is C=CCOCC(NC(=O)c1c(C)nc(C(C)(C)C)[nH]c1=O)C(=O)O. The van der Waals surface area contributed by atoms with Crippen molar-refractivity contribution in [2.75, 3.05) is 13.2 Å². The van der Waals surface area contributed by atoms with Crippen LogP contribution in [0.1, 0.15) is 42.6 Å². The lowest BCUT2D eigenvalue weighted by Crippen LogP contribution is -2.46. The predicted octanol–water partition coefficient (Wildman–Crippen LogP) is 0.761. The molecular weight excluding hydrogens is 314 g/mol. The van der Waals surface area contributed by atoms with Crippen molar-refractivity contribution in [2.24, 2.45) is 0 Å². The molecule has 132 valence electrons. The Hall–Kier alpha value is -2.48. The van der Waals surface area contributed by atoms with Gasteiger partial charge in [0.2, 0.25) is 0 Å². The van der Waals surface area contributed by atoms with Gasteiger partial charge in [0, 0.05) is 5.41 Å². The van der Waals surface area contributed by atoms with Gasteiger partial charge in [0.15, 0.2) is 6.04 Å². The normalized spacial score (nSPS) is 12.5. The first-order valence-corrected chi connectivity index (χ1v) is 7.41. The van der Waals surface area contributed by atoms with Crippen LogP contribution in [0.25, 0.3) is 0 Å². The number of hydrogen-bond acceptors (Lipinski definition) is 5. The summed E-state index contributed by atoms with van der Waals surface area (Å²) in [6.07, 6.45) is 1.46. The van der Waals surface area contributed by atoms with Crippen LogP contribution in [0.3, 0.4) is 0 Å². The second-order valence-electron chi connectivity index (χ2n) is 6.32. The van der Waals surface area contributed by atoms with Crippen molar-refractivity contribution >= 4 is 11.9 Å². The van der Waals surface area contributed by atoms with Crippen molar-refractivity contribution in [3.63, 3.8) is 0 Å². The zero-order valence-corrected chi connectivity index (χ0v) is 14.3. The van der Waals surface area contributed by atoms with Gasteiger partial charge in [0.25, 0.3) is 11.5 Å². The number of ether oxygens (including phenoxy) is 1. The zero-order valence-electron chi connectivity index (χ0n) is 14.3.